The molecule has 2 aromatic rings. The summed E-state index contributed by atoms with van der Waals surface area (Å²) >= 11 is 3.11. The van der Waals surface area contributed by atoms with Crippen LogP contribution < -0.4 is 5.56 Å². The lowest BCUT2D eigenvalue weighted by molar-refractivity contribution is -0.132. The molecule has 28 heavy (non-hydrogen) atoms. The number of thioether (sulfide) groups is 1. The first-order valence-corrected chi connectivity index (χ1v) is 12.4. The summed E-state index contributed by atoms with van der Waals surface area (Å²) in [4.78, 5) is 35.2. The van der Waals surface area contributed by atoms with Gasteiger partial charge in [0.25, 0.3) is 5.56 Å². The van der Waals surface area contributed by atoms with Crippen LogP contribution in [0.4, 0.5) is 0 Å². The number of fused-ring (bicyclic) bond motifs is 3. The van der Waals surface area contributed by atoms with Crippen molar-refractivity contribution in [3.63, 3.8) is 0 Å². The molecule has 1 saturated heterocycles. The van der Waals surface area contributed by atoms with Crippen LogP contribution in [0.5, 0.6) is 0 Å². The Hall–Kier alpha value is -1.34. The molecule has 0 saturated carbocycles. The standard InChI is InChI=1S/C21H29N3O2S2/c1-3-11-24-20(26)18-15-9-7-10-16(15)28-19(18)22-21(24)27-13-17(25)23-12-6-5-8-14(23)4-2/h14H,3-13H2,1-2H3/t14-/m0/s1. The third-order valence-electron chi connectivity index (χ3n) is 5.98. The molecule has 1 aliphatic heterocycles. The lowest BCUT2D eigenvalue weighted by atomic mass is 10.0. The quantitative estimate of drug-likeness (QED) is 0.519. The Morgan fingerprint density at radius 1 is 1.25 bits per heavy atom. The maximum Gasteiger partial charge on any atom is 0.263 e. The van der Waals surface area contributed by atoms with Gasteiger partial charge in [-0.1, -0.05) is 25.6 Å². The first-order valence-electron chi connectivity index (χ1n) is 10.6. The smallest absolute Gasteiger partial charge is 0.263 e. The van der Waals surface area contributed by atoms with Crippen LogP contribution in [-0.2, 0) is 24.2 Å². The maximum atomic E-state index is 13.2. The molecule has 5 nitrogen and oxygen atoms in total. The van der Waals surface area contributed by atoms with E-state index < -0.39 is 0 Å². The molecule has 0 radical (unpaired) electrons. The first-order chi connectivity index (χ1) is 13.6. The van der Waals surface area contributed by atoms with Crippen LogP contribution in [0.2, 0.25) is 0 Å². The molecular weight excluding hydrogens is 390 g/mol. The molecule has 0 spiro atoms. The van der Waals surface area contributed by atoms with E-state index in [2.05, 4.69) is 18.7 Å². The van der Waals surface area contributed by atoms with Gasteiger partial charge in [-0.25, -0.2) is 4.98 Å². The summed E-state index contributed by atoms with van der Waals surface area (Å²) in [5, 5.41) is 1.54. The van der Waals surface area contributed by atoms with E-state index in [0.717, 1.165) is 61.7 Å². The molecule has 0 aromatic carbocycles. The van der Waals surface area contributed by atoms with Gasteiger partial charge in [-0.3, -0.25) is 14.2 Å². The van der Waals surface area contributed by atoms with Crippen molar-refractivity contribution in [1.29, 1.82) is 0 Å². The number of aryl methyl sites for hydroxylation is 2. The highest BCUT2D eigenvalue weighted by Crippen LogP contribution is 2.35. The largest absolute Gasteiger partial charge is 0.339 e. The molecule has 4 rings (SSSR count). The molecule has 1 fully saturated rings. The van der Waals surface area contributed by atoms with Gasteiger partial charge in [-0.15, -0.1) is 11.3 Å². The fraction of sp³-hybridized carbons (Fsp3) is 0.667. The SMILES string of the molecule is CCCn1c(SCC(=O)N2CCCC[C@@H]2CC)nc2sc3c(c2c1=O)CCC3. The monoisotopic (exact) mass is 419 g/mol. The van der Waals surface area contributed by atoms with Gasteiger partial charge >= 0.3 is 0 Å². The summed E-state index contributed by atoms with van der Waals surface area (Å²) in [7, 11) is 0. The van der Waals surface area contributed by atoms with Crippen molar-refractivity contribution >= 4 is 39.2 Å². The number of rotatable bonds is 6. The number of hydrogen-bond donors (Lipinski definition) is 0. The normalized spacial score (nSPS) is 19.4. The Kier molecular flexibility index (Phi) is 6.11. The van der Waals surface area contributed by atoms with Gasteiger partial charge in [-0.2, -0.15) is 0 Å². The molecule has 0 N–H and O–H groups in total. The van der Waals surface area contributed by atoms with E-state index in [1.807, 2.05) is 0 Å². The second-order valence-corrected chi connectivity index (χ2v) is 9.85. The average Bonchev–Trinajstić information content (AvgIpc) is 3.29. The lowest BCUT2D eigenvalue weighted by Crippen LogP contribution is -2.44. The highest BCUT2D eigenvalue weighted by Gasteiger charge is 2.27. The van der Waals surface area contributed by atoms with Crippen molar-refractivity contribution in [1.82, 2.24) is 14.5 Å². The fourth-order valence-corrected chi connectivity index (χ4v) is 6.77. The van der Waals surface area contributed by atoms with Crippen LogP contribution in [0.15, 0.2) is 9.95 Å². The number of amides is 1. The number of aromatic nitrogens is 2. The molecular formula is C21H29N3O2S2. The van der Waals surface area contributed by atoms with Gasteiger partial charge in [0.1, 0.15) is 4.83 Å². The summed E-state index contributed by atoms with van der Waals surface area (Å²) in [5.74, 6) is 0.547. The summed E-state index contributed by atoms with van der Waals surface area (Å²) in [5.41, 5.74) is 1.32. The predicted molar refractivity (Wildman–Crippen MR) is 117 cm³/mol. The number of likely N-dealkylation sites (tertiary alicyclic amines) is 1. The van der Waals surface area contributed by atoms with E-state index in [-0.39, 0.29) is 11.5 Å². The maximum absolute atomic E-state index is 13.2. The second-order valence-electron chi connectivity index (χ2n) is 7.82. The summed E-state index contributed by atoms with van der Waals surface area (Å²) < 4.78 is 1.80. The molecule has 2 aliphatic rings. The highest BCUT2D eigenvalue weighted by molar-refractivity contribution is 7.99. The third-order valence-corrected chi connectivity index (χ3v) is 8.13. The number of hydrogen-bond acceptors (Lipinski definition) is 5. The Bertz CT molecular complexity index is 934. The number of carbonyl (C=O) groups is 1. The van der Waals surface area contributed by atoms with Crippen molar-refractivity contribution in [2.24, 2.45) is 0 Å². The number of nitrogens with zero attached hydrogens (tertiary/aromatic N) is 3. The number of piperidine rings is 1. The lowest BCUT2D eigenvalue weighted by Gasteiger charge is -2.35. The van der Waals surface area contributed by atoms with E-state index in [1.165, 1.54) is 28.6 Å². The van der Waals surface area contributed by atoms with Gasteiger partial charge in [0.15, 0.2) is 5.16 Å². The van der Waals surface area contributed by atoms with Crippen molar-refractivity contribution in [2.45, 2.75) is 83.0 Å². The average molecular weight is 420 g/mol. The van der Waals surface area contributed by atoms with Crippen molar-refractivity contribution in [3.05, 3.63) is 20.8 Å². The summed E-state index contributed by atoms with van der Waals surface area (Å²) in [6.45, 7) is 5.76. The zero-order chi connectivity index (χ0) is 19.7. The van der Waals surface area contributed by atoms with Crippen LogP contribution in [0, 0.1) is 0 Å². The Morgan fingerprint density at radius 2 is 2.11 bits per heavy atom. The molecule has 0 unspecified atom stereocenters. The minimum Gasteiger partial charge on any atom is -0.339 e. The number of thiophene rings is 1. The fourth-order valence-electron chi connectivity index (χ4n) is 4.55. The predicted octanol–water partition coefficient (Wildman–Crippen LogP) is 4.24. The van der Waals surface area contributed by atoms with Crippen molar-refractivity contribution in [3.8, 4) is 0 Å². The minimum atomic E-state index is 0.0885. The van der Waals surface area contributed by atoms with Gasteiger partial charge in [-0.05, 0) is 56.9 Å². The van der Waals surface area contributed by atoms with Crippen LogP contribution in [0.1, 0.15) is 62.8 Å². The van der Waals surface area contributed by atoms with E-state index in [0.29, 0.717) is 23.5 Å². The van der Waals surface area contributed by atoms with Crippen LogP contribution >= 0.6 is 23.1 Å². The van der Waals surface area contributed by atoms with Gasteiger partial charge in [0.2, 0.25) is 5.91 Å². The Balaban J connectivity index is 1.60. The first kappa shape index (κ1) is 20.0. The summed E-state index contributed by atoms with van der Waals surface area (Å²) in [6.07, 6.45) is 8.52. The molecule has 1 atom stereocenters. The molecule has 0 bridgehead atoms. The second kappa shape index (κ2) is 8.57. The van der Waals surface area contributed by atoms with E-state index in [9.17, 15) is 9.59 Å². The van der Waals surface area contributed by atoms with Gasteiger partial charge < -0.3 is 4.90 Å². The zero-order valence-corrected chi connectivity index (χ0v) is 18.5. The van der Waals surface area contributed by atoms with Crippen LogP contribution in [-0.4, -0.2) is 38.7 Å². The minimum absolute atomic E-state index is 0.0885. The number of carbonyl (C=O) groups excluding carboxylic acids is 1. The molecule has 7 heteroatoms. The van der Waals surface area contributed by atoms with Crippen LogP contribution in [0.3, 0.4) is 0 Å². The molecule has 2 aromatic heterocycles. The van der Waals surface area contributed by atoms with Gasteiger partial charge in [0, 0.05) is 24.0 Å². The third kappa shape index (κ3) is 3.63. The van der Waals surface area contributed by atoms with E-state index >= 15 is 0 Å². The molecule has 1 amide bonds. The molecule has 1 aliphatic carbocycles. The van der Waals surface area contributed by atoms with Crippen molar-refractivity contribution < 1.29 is 4.79 Å². The molecule has 3 heterocycles. The topological polar surface area (TPSA) is 55.2 Å². The van der Waals surface area contributed by atoms with Gasteiger partial charge in [0.05, 0.1) is 11.1 Å². The highest BCUT2D eigenvalue weighted by atomic mass is 32.2. The molecule has 152 valence electrons. The van der Waals surface area contributed by atoms with Crippen molar-refractivity contribution in [2.75, 3.05) is 12.3 Å². The zero-order valence-electron chi connectivity index (χ0n) is 16.8. The summed E-state index contributed by atoms with van der Waals surface area (Å²) in [6, 6.07) is 0.371. The van der Waals surface area contributed by atoms with Crippen LogP contribution in [0.25, 0.3) is 10.2 Å². The van der Waals surface area contributed by atoms with E-state index in [4.69, 9.17) is 4.98 Å². The Morgan fingerprint density at radius 3 is 2.89 bits per heavy atom. The van der Waals surface area contributed by atoms with E-state index in [1.54, 1.807) is 15.9 Å². The Labute approximate surface area is 174 Å².